The highest BCUT2D eigenvalue weighted by Crippen LogP contribution is 2.32. The quantitative estimate of drug-likeness (QED) is 0.155. The molecule has 0 radical (unpaired) electrons. The number of aryl methyl sites for hydroxylation is 2. The molecule has 0 saturated carbocycles. The van der Waals surface area contributed by atoms with Gasteiger partial charge in [0.15, 0.2) is 5.76 Å². The van der Waals surface area contributed by atoms with Gasteiger partial charge in [0.1, 0.15) is 5.69 Å². The maximum atomic E-state index is 12.7. The molecule has 0 aliphatic heterocycles. The van der Waals surface area contributed by atoms with Gasteiger partial charge in [-0.05, 0) is 49.4 Å². The first kappa shape index (κ1) is 26.9. The highest BCUT2D eigenvalue weighted by Gasteiger charge is 2.24. The first-order valence-corrected chi connectivity index (χ1v) is 12.3. The van der Waals surface area contributed by atoms with Crippen molar-refractivity contribution >= 4 is 23.5 Å². The lowest BCUT2D eigenvalue weighted by atomic mass is 9.86. The Labute approximate surface area is 214 Å². The van der Waals surface area contributed by atoms with E-state index in [4.69, 9.17) is 14.6 Å². The van der Waals surface area contributed by atoms with Crippen LogP contribution >= 0.6 is 0 Å². The van der Waals surface area contributed by atoms with Crippen molar-refractivity contribution < 1.29 is 14.3 Å². The first-order chi connectivity index (χ1) is 17.1. The zero-order valence-corrected chi connectivity index (χ0v) is 22.6. The number of carbonyl (C=O) groups excluding carboxylic acids is 1. The van der Waals surface area contributed by atoms with E-state index in [1.165, 1.54) is 5.56 Å². The number of aromatic nitrogens is 2. The summed E-state index contributed by atoms with van der Waals surface area (Å²) in [5.74, 6) is 0.122. The van der Waals surface area contributed by atoms with Crippen molar-refractivity contribution in [1.29, 1.82) is 0 Å². The number of nitrogens with zero attached hydrogens (tertiary/aromatic N) is 3. The number of hydrogen-bond acceptors (Lipinski definition) is 5. The number of allylic oxidation sites excluding steroid dienone is 1. The zero-order chi connectivity index (χ0) is 26.5. The van der Waals surface area contributed by atoms with E-state index in [0.717, 1.165) is 28.1 Å². The molecule has 2 aromatic carbocycles. The summed E-state index contributed by atoms with van der Waals surface area (Å²) in [7, 11) is 1.73. The third-order valence-corrected chi connectivity index (χ3v) is 6.07. The Kier molecular flexibility index (Phi) is 8.51. The van der Waals surface area contributed by atoms with Crippen LogP contribution in [0.2, 0.25) is 0 Å². The van der Waals surface area contributed by atoms with E-state index in [1.807, 2.05) is 31.5 Å². The lowest BCUT2D eigenvalue weighted by Gasteiger charge is -2.22. The molecule has 6 nitrogen and oxygen atoms in total. The van der Waals surface area contributed by atoms with E-state index < -0.39 is 12.3 Å². The Balaban J connectivity index is 2.12. The zero-order valence-electron chi connectivity index (χ0n) is 22.6. The van der Waals surface area contributed by atoms with Crippen molar-refractivity contribution in [2.75, 3.05) is 7.05 Å². The Bertz CT molecular complexity index is 1250. The molecule has 0 amide bonds. The van der Waals surface area contributed by atoms with E-state index in [1.54, 1.807) is 44.5 Å². The number of aliphatic imine (C=N–C) groups is 1. The van der Waals surface area contributed by atoms with Crippen molar-refractivity contribution in [3.8, 4) is 0 Å². The van der Waals surface area contributed by atoms with Gasteiger partial charge >= 0.3 is 5.97 Å². The van der Waals surface area contributed by atoms with Crippen molar-refractivity contribution in [3.05, 3.63) is 88.2 Å². The maximum absolute atomic E-state index is 12.7. The van der Waals surface area contributed by atoms with E-state index in [9.17, 15) is 4.79 Å². The van der Waals surface area contributed by atoms with Crippen LogP contribution < -0.4 is 0 Å². The lowest BCUT2D eigenvalue weighted by Crippen LogP contribution is -2.20. The Morgan fingerprint density at radius 1 is 1.03 bits per heavy atom. The van der Waals surface area contributed by atoms with Gasteiger partial charge in [0.2, 0.25) is 6.29 Å². The maximum Gasteiger partial charge on any atom is 0.341 e. The Morgan fingerprint density at radius 3 is 2.22 bits per heavy atom. The van der Waals surface area contributed by atoms with Gasteiger partial charge in [0.05, 0.1) is 11.3 Å². The molecule has 6 heteroatoms. The molecule has 0 aliphatic rings. The minimum atomic E-state index is -0.846. The second kappa shape index (κ2) is 11.4. The Morgan fingerprint density at radius 2 is 1.67 bits per heavy atom. The van der Waals surface area contributed by atoms with E-state index in [2.05, 4.69) is 50.0 Å². The molecule has 1 atom stereocenters. The molecule has 3 aromatic rings. The molecule has 1 aromatic heterocycles. The van der Waals surface area contributed by atoms with Crippen LogP contribution in [0.4, 0.5) is 0 Å². The van der Waals surface area contributed by atoms with Gasteiger partial charge in [-0.15, -0.1) is 0 Å². The van der Waals surface area contributed by atoms with Crippen molar-refractivity contribution in [2.45, 2.75) is 66.7 Å². The van der Waals surface area contributed by atoms with Crippen LogP contribution in [0.3, 0.4) is 0 Å². The second-order valence-corrected chi connectivity index (χ2v) is 9.79. The predicted molar refractivity (Wildman–Crippen MR) is 146 cm³/mol. The van der Waals surface area contributed by atoms with Gasteiger partial charge in [-0.2, -0.15) is 5.10 Å². The molecule has 0 fully saturated rings. The molecule has 1 heterocycles. The van der Waals surface area contributed by atoms with Crippen molar-refractivity contribution in [2.24, 2.45) is 4.99 Å². The van der Waals surface area contributed by atoms with Gasteiger partial charge < -0.3 is 9.47 Å². The summed E-state index contributed by atoms with van der Waals surface area (Å²) in [6.45, 7) is 15.0. The molecule has 36 heavy (non-hydrogen) atoms. The minimum absolute atomic E-state index is 0.0370. The average molecular weight is 488 g/mol. The van der Waals surface area contributed by atoms with Crippen LogP contribution in [0.25, 0.3) is 11.3 Å². The summed E-state index contributed by atoms with van der Waals surface area (Å²) < 4.78 is 14.0. The molecular weight excluding hydrogens is 450 g/mol. The third kappa shape index (κ3) is 6.11. The SMILES string of the molecule is CCn1nc(C)c(C)c1/C(OC(C)OC(=O)c1ccccc1)=C(\C=NC)c1ccc(C(C)(C)C)cc1. The largest absolute Gasteiger partial charge is 0.452 e. The smallest absolute Gasteiger partial charge is 0.341 e. The minimum Gasteiger partial charge on any atom is -0.452 e. The van der Waals surface area contributed by atoms with Crippen LogP contribution in [0.15, 0.2) is 59.6 Å². The van der Waals surface area contributed by atoms with E-state index >= 15 is 0 Å². The molecule has 0 bridgehead atoms. The summed E-state index contributed by atoms with van der Waals surface area (Å²) in [6, 6.07) is 17.3. The second-order valence-electron chi connectivity index (χ2n) is 9.79. The molecule has 0 spiro atoms. The van der Waals surface area contributed by atoms with Crippen LogP contribution in [-0.4, -0.2) is 35.3 Å². The fourth-order valence-electron chi connectivity index (χ4n) is 3.96. The van der Waals surface area contributed by atoms with Gasteiger partial charge in [-0.25, -0.2) is 4.79 Å². The summed E-state index contributed by atoms with van der Waals surface area (Å²) in [6.07, 6.45) is 0.941. The van der Waals surface area contributed by atoms with Crippen molar-refractivity contribution in [3.63, 3.8) is 0 Å². The van der Waals surface area contributed by atoms with Crippen LogP contribution in [0.5, 0.6) is 0 Å². The van der Waals surface area contributed by atoms with Crippen LogP contribution in [-0.2, 0) is 21.4 Å². The summed E-state index contributed by atoms with van der Waals surface area (Å²) >= 11 is 0. The summed E-state index contributed by atoms with van der Waals surface area (Å²) in [5, 5.41) is 4.70. The lowest BCUT2D eigenvalue weighted by molar-refractivity contribution is -0.0515. The van der Waals surface area contributed by atoms with Gasteiger partial charge in [-0.3, -0.25) is 9.67 Å². The van der Waals surface area contributed by atoms with E-state index in [0.29, 0.717) is 17.9 Å². The van der Waals surface area contributed by atoms with Crippen molar-refractivity contribution in [1.82, 2.24) is 9.78 Å². The Hall–Kier alpha value is -3.67. The highest BCUT2D eigenvalue weighted by atomic mass is 16.7. The van der Waals surface area contributed by atoms with Gasteiger partial charge in [0.25, 0.3) is 0 Å². The molecule has 3 rings (SSSR count). The number of esters is 1. The first-order valence-electron chi connectivity index (χ1n) is 12.3. The molecule has 0 saturated heterocycles. The molecule has 0 N–H and O–H groups in total. The van der Waals surface area contributed by atoms with Crippen LogP contribution in [0.1, 0.15) is 73.1 Å². The predicted octanol–water partition coefficient (Wildman–Crippen LogP) is 6.61. The van der Waals surface area contributed by atoms with Crippen LogP contribution in [0, 0.1) is 13.8 Å². The molecule has 0 aliphatic carbocycles. The number of benzene rings is 2. The normalized spacial score (nSPS) is 13.4. The molecule has 190 valence electrons. The van der Waals surface area contributed by atoms with Gasteiger partial charge in [-0.1, -0.05) is 63.2 Å². The van der Waals surface area contributed by atoms with E-state index in [-0.39, 0.29) is 5.41 Å². The molecule has 1 unspecified atom stereocenters. The van der Waals surface area contributed by atoms with Gasteiger partial charge in [0, 0.05) is 37.9 Å². The summed E-state index contributed by atoms with van der Waals surface area (Å²) in [4.78, 5) is 17.0. The monoisotopic (exact) mass is 487 g/mol. The highest BCUT2D eigenvalue weighted by molar-refractivity contribution is 6.18. The summed E-state index contributed by atoms with van der Waals surface area (Å²) in [5.41, 5.74) is 6.24. The number of hydrogen-bond donors (Lipinski definition) is 0. The third-order valence-electron chi connectivity index (χ3n) is 6.07. The number of rotatable bonds is 8. The molecular formula is C30H37N3O3. The fourth-order valence-corrected chi connectivity index (χ4v) is 3.96. The number of ether oxygens (including phenoxy) is 2. The fraction of sp³-hybridized carbons (Fsp3) is 0.367. The standard InChI is InChI=1S/C30H37N3O3/c1-9-33-27(20(2)21(3)32-33)28(35-22(4)36-29(34)24-13-11-10-12-14-24)26(19-31-8)23-15-17-25(18-16-23)30(5,6)7/h10-19,22H,9H2,1-8H3/b28-26-,31-19?. The number of carbonyl (C=O) groups is 1. The average Bonchev–Trinajstić information content (AvgIpc) is 3.14. The topological polar surface area (TPSA) is 65.7 Å².